The summed E-state index contributed by atoms with van der Waals surface area (Å²) in [6.45, 7) is 0.608. The van der Waals surface area contributed by atoms with E-state index < -0.39 is 0 Å². The summed E-state index contributed by atoms with van der Waals surface area (Å²) in [5.74, 6) is -0.236. The molecule has 1 aromatic heterocycles. The largest absolute Gasteiger partial charge is 0.399 e. The van der Waals surface area contributed by atoms with Crippen LogP contribution < -0.4 is 5.73 Å². The minimum Gasteiger partial charge on any atom is -0.399 e. The lowest BCUT2D eigenvalue weighted by Crippen LogP contribution is -1.99. The molecular formula is C16H14BrFN2S. The number of rotatable bonds is 3. The van der Waals surface area contributed by atoms with Crippen molar-refractivity contribution >= 4 is 44.3 Å². The third-order valence-electron chi connectivity index (χ3n) is 3.37. The Kier molecular flexibility index (Phi) is 3.95. The molecule has 21 heavy (non-hydrogen) atoms. The Balaban J connectivity index is 2.07. The molecule has 0 saturated heterocycles. The van der Waals surface area contributed by atoms with Crippen LogP contribution in [0.1, 0.15) is 5.56 Å². The van der Waals surface area contributed by atoms with Crippen molar-refractivity contribution in [1.82, 2.24) is 4.57 Å². The summed E-state index contributed by atoms with van der Waals surface area (Å²) in [6.07, 6.45) is 4.05. The summed E-state index contributed by atoms with van der Waals surface area (Å²) in [4.78, 5) is 1.16. The second-order valence-corrected chi connectivity index (χ2v) is 6.64. The molecule has 0 aliphatic heterocycles. The fraction of sp³-hybridized carbons (Fsp3) is 0.125. The molecule has 0 atom stereocenters. The average molecular weight is 365 g/mol. The van der Waals surface area contributed by atoms with Crippen molar-refractivity contribution in [3.8, 4) is 0 Å². The highest BCUT2D eigenvalue weighted by atomic mass is 79.9. The molecule has 0 radical (unpaired) electrons. The molecule has 0 bridgehead atoms. The van der Waals surface area contributed by atoms with Crippen molar-refractivity contribution in [3.05, 3.63) is 58.4 Å². The van der Waals surface area contributed by atoms with Crippen molar-refractivity contribution in [3.63, 3.8) is 0 Å². The third-order valence-corrected chi connectivity index (χ3v) is 4.60. The van der Waals surface area contributed by atoms with E-state index in [4.69, 9.17) is 5.73 Å². The first-order valence-corrected chi connectivity index (χ1v) is 8.46. The van der Waals surface area contributed by atoms with Gasteiger partial charge in [-0.25, -0.2) is 4.39 Å². The molecule has 3 aromatic rings. The van der Waals surface area contributed by atoms with Gasteiger partial charge in [0, 0.05) is 33.2 Å². The van der Waals surface area contributed by atoms with Gasteiger partial charge in [-0.3, -0.25) is 0 Å². The molecule has 5 heteroatoms. The molecular weight excluding hydrogens is 351 g/mol. The number of thioether (sulfide) groups is 1. The van der Waals surface area contributed by atoms with E-state index in [-0.39, 0.29) is 5.82 Å². The highest BCUT2D eigenvalue weighted by molar-refractivity contribution is 9.10. The fourth-order valence-electron chi connectivity index (χ4n) is 2.49. The van der Waals surface area contributed by atoms with Crippen molar-refractivity contribution in [2.24, 2.45) is 0 Å². The SMILES string of the molecule is CSc1cc(N)cc2c1ccn2Cc1cc(F)cc(Br)c1. The Morgan fingerprint density at radius 1 is 1.24 bits per heavy atom. The van der Waals surface area contributed by atoms with Gasteiger partial charge < -0.3 is 10.3 Å². The molecule has 108 valence electrons. The molecule has 0 aliphatic rings. The van der Waals surface area contributed by atoms with Gasteiger partial charge in [0.1, 0.15) is 5.82 Å². The first-order chi connectivity index (χ1) is 10.1. The fourth-order valence-corrected chi connectivity index (χ4v) is 3.65. The smallest absolute Gasteiger partial charge is 0.124 e. The van der Waals surface area contributed by atoms with Crippen LogP contribution in [0.15, 0.2) is 52.0 Å². The van der Waals surface area contributed by atoms with Gasteiger partial charge in [-0.05, 0) is 48.2 Å². The molecule has 0 aliphatic carbocycles. The highest BCUT2D eigenvalue weighted by Gasteiger charge is 2.08. The standard InChI is InChI=1S/C16H14BrFN2S/c1-21-16-8-13(19)7-15-14(16)2-3-20(15)9-10-4-11(17)6-12(18)5-10/h2-8H,9,19H2,1H3. The number of nitrogens with two attached hydrogens (primary N) is 1. The van der Waals surface area contributed by atoms with Crippen LogP contribution in [-0.2, 0) is 6.54 Å². The molecule has 0 saturated carbocycles. The van der Waals surface area contributed by atoms with Crippen LogP contribution in [-0.4, -0.2) is 10.8 Å². The van der Waals surface area contributed by atoms with Gasteiger partial charge in [-0.2, -0.15) is 0 Å². The molecule has 2 aromatic carbocycles. The van der Waals surface area contributed by atoms with E-state index >= 15 is 0 Å². The summed E-state index contributed by atoms with van der Waals surface area (Å²) in [7, 11) is 0. The third kappa shape index (κ3) is 2.94. The lowest BCUT2D eigenvalue weighted by molar-refractivity contribution is 0.623. The quantitative estimate of drug-likeness (QED) is 0.529. The van der Waals surface area contributed by atoms with Crippen molar-refractivity contribution in [2.75, 3.05) is 12.0 Å². The zero-order valence-electron chi connectivity index (χ0n) is 11.4. The van der Waals surface area contributed by atoms with Gasteiger partial charge in [-0.15, -0.1) is 11.8 Å². The maximum Gasteiger partial charge on any atom is 0.124 e. The monoisotopic (exact) mass is 364 g/mol. The maximum atomic E-state index is 13.5. The normalized spacial score (nSPS) is 11.2. The Hall–Kier alpha value is -1.46. The topological polar surface area (TPSA) is 30.9 Å². The summed E-state index contributed by atoms with van der Waals surface area (Å²) in [6, 6.07) is 11.0. The molecule has 2 N–H and O–H groups in total. The molecule has 0 fully saturated rings. The van der Waals surface area contributed by atoms with Gasteiger partial charge in [-0.1, -0.05) is 15.9 Å². The summed E-state index contributed by atoms with van der Waals surface area (Å²) >= 11 is 5.00. The zero-order chi connectivity index (χ0) is 15.0. The predicted molar refractivity (Wildman–Crippen MR) is 91.3 cm³/mol. The number of hydrogen-bond donors (Lipinski definition) is 1. The Bertz CT molecular complexity index is 793. The second kappa shape index (κ2) is 5.73. The predicted octanol–water partition coefficient (Wildman–Crippen LogP) is 4.90. The molecule has 2 nitrogen and oxygen atoms in total. The van der Waals surface area contributed by atoms with Crippen LogP contribution in [0.25, 0.3) is 10.9 Å². The number of fused-ring (bicyclic) bond motifs is 1. The summed E-state index contributed by atoms with van der Waals surface area (Å²) < 4.78 is 16.3. The number of hydrogen-bond acceptors (Lipinski definition) is 2. The van der Waals surface area contributed by atoms with Crippen molar-refractivity contribution in [2.45, 2.75) is 11.4 Å². The van der Waals surface area contributed by atoms with Gasteiger partial charge in [0.15, 0.2) is 0 Å². The second-order valence-electron chi connectivity index (χ2n) is 4.88. The Labute approximate surface area is 135 Å². The van der Waals surface area contributed by atoms with E-state index in [0.717, 1.165) is 26.1 Å². The molecule has 0 amide bonds. The van der Waals surface area contributed by atoms with Crippen molar-refractivity contribution in [1.29, 1.82) is 0 Å². The number of halogens is 2. The zero-order valence-corrected chi connectivity index (χ0v) is 13.8. The van der Waals surface area contributed by atoms with Crippen molar-refractivity contribution < 1.29 is 4.39 Å². The highest BCUT2D eigenvalue weighted by Crippen LogP contribution is 2.30. The van der Waals surface area contributed by atoms with Crippen LogP contribution in [0.5, 0.6) is 0 Å². The van der Waals surface area contributed by atoms with E-state index in [1.165, 1.54) is 11.5 Å². The van der Waals surface area contributed by atoms with Gasteiger partial charge in [0.25, 0.3) is 0 Å². The van der Waals surface area contributed by atoms with E-state index in [1.807, 2.05) is 30.7 Å². The van der Waals surface area contributed by atoms with E-state index in [9.17, 15) is 4.39 Å². The van der Waals surface area contributed by atoms with Gasteiger partial charge >= 0.3 is 0 Å². The van der Waals surface area contributed by atoms with Crippen LogP contribution in [0, 0.1) is 5.82 Å². The van der Waals surface area contributed by atoms with E-state index in [1.54, 1.807) is 17.8 Å². The Morgan fingerprint density at radius 2 is 2.05 bits per heavy atom. The Morgan fingerprint density at radius 3 is 2.76 bits per heavy atom. The van der Waals surface area contributed by atoms with E-state index in [2.05, 4.69) is 26.6 Å². The lowest BCUT2D eigenvalue weighted by atomic mass is 10.2. The first kappa shape index (κ1) is 14.5. The summed E-state index contributed by atoms with van der Waals surface area (Å²) in [5.41, 5.74) is 8.70. The van der Waals surface area contributed by atoms with Crippen LogP contribution >= 0.6 is 27.7 Å². The average Bonchev–Trinajstić information content (AvgIpc) is 2.80. The molecule has 0 spiro atoms. The van der Waals surface area contributed by atoms with Crippen LogP contribution in [0.3, 0.4) is 0 Å². The number of aromatic nitrogens is 1. The molecule has 0 unspecified atom stereocenters. The first-order valence-electron chi connectivity index (χ1n) is 6.44. The number of nitrogen functional groups attached to an aromatic ring is 1. The number of benzene rings is 2. The molecule has 3 rings (SSSR count). The maximum absolute atomic E-state index is 13.5. The summed E-state index contributed by atoms with van der Waals surface area (Å²) in [5, 5.41) is 1.17. The minimum atomic E-state index is -0.236. The van der Waals surface area contributed by atoms with Crippen LogP contribution in [0.2, 0.25) is 0 Å². The van der Waals surface area contributed by atoms with Gasteiger partial charge in [0.05, 0.1) is 5.52 Å². The lowest BCUT2D eigenvalue weighted by Gasteiger charge is -2.09. The van der Waals surface area contributed by atoms with Crippen LogP contribution in [0.4, 0.5) is 10.1 Å². The minimum absolute atomic E-state index is 0.236. The number of nitrogens with zero attached hydrogens (tertiary/aromatic N) is 1. The van der Waals surface area contributed by atoms with Gasteiger partial charge in [0.2, 0.25) is 0 Å². The number of anilines is 1. The molecule has 1 heterocycles. The van der Waals surface area contributed by atoms with E-state index in [0.29, 0.717) is 6.54 Å².